The Labute approximate surface area is 180 Å². The van der Waals surface area contributed by atoms with Gasteiger partial charge < -0.3 is 5.11 Å². The fraction of sp³-hybridized carbons (Fsp3) is 0.115. The molecule has 1 aromatic heterocycles. The maximum Gasteiger partial charge on any atom is 0.354 e. The number of carbonyl (C=O) groups is 2. The molecule has 1 atom stereocenters. The summed E-state index contributed by atoms with van der Waals surface area (Å²) < 4.78 is 1.36. The molecule has 0 saturated heterocycles. The average molecular weight is 410 g/mol. The van der Waals surface area contributed by atoms with Crippen molar-refractivity contribution >= 4 is 11.8 Å². The van der Waals surface area contributed by atoms with E-state index in [1.165, 1.54) is 4.68 Å². The van der Waals surface area contributed by atoms with E-state index in [1.54, 1.807) is 13.1 Å². The molecule has 5 nitrogen and oxygen atoms in total. The lowest BCUT2D eigenvalue weighted by atomic mass is 9.85. The van der Waals surface area contributed by atoms with Crippen LogP contribution in [0, 0.1) is 0 Å². The molecule has 5 heteroatoms. The maximum absolute atomic E-state index is 13.3. The lowest BCUT2D eigenvalue weighted by Gasteiger charge is -2.17. The Morgan fingerprint density at radius 1 is 0.903 bits per heavy atom. The van der Waals surface area contributed by atoms with Gasteiger partial charge in [-0.2, -0.15) is 5.10 Å². The van der Waals surface area contributed by atoms with Crippen LogP contribution in [0.15, 0.2) is 91.0 Å². The zero-order valence-electron chi connectivity index (χ0n) is 17.1. The zero-order chi connectivity index (χ0) is 21.8. The van der Waals surface area contributed by atoms with Gasteiger partial charge in [-0.15, -0.1) is 0 Å². The number of benzene rings is 3. The molecule has 0 amide bonds. The van der Waals surface area contributed by atoms with Crippen molar-refractivity contribution in [3.8, 4) is 11.3 Å². The Morgan fingerprint density at radius 2 is 1.52 bits per heavy atom. The third-order valence-electron chi connectivity index (χ3n) is 5.37. The van der Waals surface area contributed by atoms with Crippen LogP contribution in [0.5, 0.6) is 0 Å². The van der Waals surface area contributed by atoms with Crippen LogP contribution in [0.25, 0.3) is 11.3 Å². The Morgan fingerprint density at radius 3 is 2.10 bits per heavy atom. The number of aromatic nitrogens is 2. The molecule has 4 aromatic rings. The van der Waals surface area contributed by atoms with Crippen LogP contribution < -0.4 is 0 Å². The first-order chi connectivity index (χ1) is 15.0. The highest BCUT2D eigenvalue weighted by Crippen LogP contribution is 2.27. The fourth-order valence-corrected chi connectivity index (χ4v) is 3.71. The van der Waals surface area contributed by atoms with Crippen LogP contribution in [-0.4, -0.2) is 26.6 Å². The normalized spacial score (nSPS) is 11.8. The second kappa shape index (κ2) is 8.79. The van der Waals surface area contributed by atoms with Gasteiger partial charge in [0.2, 0.25) is 0 Å². The minimum atomic E-state index is -1.01. The van der Waals surface area contributed by atoms with Crippen molar-refractivity contribution in [3.05, 3.63) is 113 Å². The van der Waals surface area contributed by atoms with E-state index in [4.69, 9.17) is 0 Å². The molecule has 0 aliphatic carbocycles. The summed E-state index contributed by atoms with van der Waals surface area (Å²) in [6.07, 6.45) is 0.570. The summed E-state index contributed by atoms with van der Waals surface area (Å²) in [4.78, 5) is 24.5. The van der Waals surface area contributed by atoms with Crippen molar-refractivity contribution in [2.24, 2.45) is 7.05 Å². The van der Waals surface area contributed by atoms with Crippen LogP contribution in [-0.2, 0) is 13.5 Å². The maximum atomic E-state index is 13.3. The summed E-state index contributed by atoms with van der Waals surface area (Å²) in [5.41, 5.74) is 4.27. The first kappa shape index (κ1) is 20.3. The number of carboxylic acids is 1. The number of aromatic carboxylic acids is 1. The summed E-state index contributed by atoms with van der Waals surface area (Å²) >= 11 is 0. The van der Waals surface area contributed by atoms with Gasteiger partial charge in [0.15, 0.2) is 5.78 Å². The van der Waals surface area contributed by atoms with Gasteiger partial charge in [0.05, 0.1) is 11.6 Å². The van der Waals surface area contributed by atoms with E-state index < -0.39 is 5.97 Å². The monoisotopic (exact) mass is 410 g/mol. The molecule has 1 N–H and O–H groups in total. The number of carbonyl (C=O) groups excluding carboxylic acids is 1. The fourth-order valence-electron chi connectivity index (χ4n) is 3.71. The Hall–Kier alpha value is -3.99. The van der Waals surface area contributed by atoms with Gasteiger partial charge in [-0.25, -0.2) is 4.79 Å². The molecule has 4 rings (SSSR count). The molecule has 0 saturated carbocycles. The average Bonchev–Trinajstić information content (AvgIpc) is 3.20. The van der Waals surface area contributed by atoms with E-state index in [9.17, 15) is 14.7 Å². The molecule has 0 fully saturated rings. The summed E-state index contributed by atoms with van der Waals surface area (Å²) in [5.74, 6) is -1.21. The highest BCUT2D eigenvalue weighted by atomic mass is 16.4. The Bertz CT molecular complexity index is 1200. The van der Waals surface area contributed by atoms with Gasteiger partial charge >= 0.3 is 5.97 Å². The van der Waals surface area contributed by atoms with Crippen molar-refractivity contribution in [2.75, 3.05) is 0 Å². The summed E-state index contributed by atoms with van der Waals surface area (Å²) in [5, 5.41) is 13.5. The number of aryl methyl sites for hydroxylation is 1. The third kappa shape index (κ3) is 4.46. The van der Waals surface area contributed by atoms with Gasteiger partial charge in [0.1, 0.15) is 5.69 Å². The lowest BCUT2D eigenvalue weighted by Crippen LogP contribution is -2.15. The van der Waals surface area contributed by atoms with Crippen molar-refractivity contribution < 1.29 is 14.7 Å². The molecule has 0 radical (unpaired) electrons. The number of hydrogen-bond donors (Lipinski definition) is 1. The number of rotatable bonds is 7. The van der Waals surface area contributed by atoms with Gasteiger partial charge in [0, 0.05) is 18.2 Å². The number of nitrogens with zero attached hydrogens (tertiary/aromatic N) is 2. The van der Waals surface area contributed by atoms with E-state index in [-0.39, 0.29) is 17.4 Å². The Balaban J connectivity index is 1.61. The van der Waals surface area contributed by atoms with Gasteiger partial charge in [-0.1, -0.05) is 84.9 Å². The van der Waals surface area contributed by atoms with E-state index in [0.29, 0.717) is 17.7 Å². The number of Topliss-reactive ketones (excluding diaryl/α,β-unsaturated/α-hetero) is 1. The minimum Gasteiger partial charge on any atom is -0.477 e. The molecule has 0 bridgehead atoms. The van der Waals surface area contributed by atoms with Gasteiger partial charge in [0.25, 0.3) is 0 Å². The van der Waals surface area contributed by atoms with Crippen molar-refractivity contribution in [2.45, 2.75) is 12.3 Å². The smallest absolute Gasteiger partial charge is 0.354 e. The summed E-state index contributed by atoms with van der Waals surface area (Å²) in [7, 11) is 1.61. The van der Waals surface area contributed by atoms with Gasteiger partial charge in [-0.05, 0) is 23.6 Å². The van der Waals surface area contributed by atoms with Crippen molar-refractivity contribution in [1.29, 1.82) is 0 Å². The predicted molar refractivity (Wildman–Crippen MR) is 119 cm³/mol. The number of hydrogen-bond acceptors (Lipinski definition) is 3. The summed E-state index contributed by atoms with van der Waals surface area (Å²) in [6, 6.07) is 28.5. The molecule has 154 valence electrons. The molecule has 1 unspecified atom stereocenters. The largest absolute Gasteiger partial charge is 0.477 e. The molecular formula is C26H22N2O3. The van der Waals surface area contributed by atoms with E-state index in [0.717, 1.165) is 16.7 Å². The Kier molecular flexibility index (Phi) is 5.76. The second-order valence-electron chi connectivity index (χ2n) is 7.44. The lowest BCUT2D eigenvalue weighted by molar-refractivity contribution is 0.0684. The molecular weight excluding hydrogens is 388 g/mol. The van der Waals surface area contributed by atoms with Crippen LogP contribution in [0.1, 0.15) is 37.9 Å². The summed E-state index contributed by atoms with van der Waals surface area (Å²) in [6.45, 7) is 0. The van der Waals surface area contributed by atoms with Crippen LogP contribution in [0.2, 0.25) is 0 Å². The topological polar surface area (TPSA) is 72.2 Å². The number of ketones is 1. The quantitative estimate of drug-likeness (QED) is 0.436. The standard InChI is InChI=1S/C26H22N2O3/c1-28-24(26(30)31)17-23(27-28)20-14-12-18(13-15-20)16-22(19-8-4-2-5-9-19)25(29)21-10-6-3-7-11-21/h2-15,17,22H,16H2,1H3,(H,30,31). The van der Waals surface area contributed by atoms with Gasteiger partial charge in [-0.3, -0.25) is 9.48 Å². The zero-order valence-corrected chi connectivity index (χ0v) is 17.1. The molecule has 0 spiro atoms. The first-order valence-electron chi connectivity index (χ1n) is 10.0. The van der Waals surface area contributed by atoms with Crippen molar-refractivity contribution in [3.63, 3.8) is 0 Å². The molecule has 0 aliphatic heterocycles. The molecule has 3 aromatic carbocycles. The van der Waals surface area contributed by atoms with E-state index >= 15 is 0 Å². The van der Waals surface area contributed by atoms with E-state index in [1.807, 2.05) is 84.9 Å². The first-order valence-corrected chi connectivity index (χ1v) is 10.0. The molecule has 31 heavy (non-hydrogen) atoms. The molecule has 0 aliphatic rings. The van der Waals surface area contributed by atoms with Crippen LogP contribution in [0.3, 0.4) is 0 Å². The third-order valence-corrected chi connectivity index (χ3v) is 5.37. The minimum absolute atomic E-state index is 0.0895. The predicted octanol–water partition coefficient (Wildman–Crippen LogP) is 4.99. The van der Waals surface area contributed by atoms with Crippen LogP contribution in [0.4, 0.5) is 0 Å². The molecule has 1 heterocycles. The van der Waals surface area contributed by atoms with Crippen LogP contribution >= 0.6 is 0 Å². The highest BCUT2D eigenvalue weighted by Gasteiger charge is 2.22. The SMILES string of the molecule is Cn1nc(-c2ccc(CC(C(=O)c3ccccc3)c3ccccc3)cc2)cc1C(=O)O. The highest BCUT2D eigenvalue weighted by molar-refractivity contribution is 6.01. The number of carboxylic acid groups (broad SMARTS) is 1. The van der Waals surface area contributed by atoms with Crippen molar-refractivity contribution in [1.82, 2.24) is 9.78 Å². The van der Waals surface area contributed by atoms with E-state index in [2.05, 4.69) is 5.10 Å². The second-order valence-corrected chi connectivity index (χ2v) is 7.44.